The van der Waals surface area contributed by atoms with Crippen molar-refractivity contribution in [3.8, 4) is 11.8 Å². The average Bonchev–Trinajstić information content (AvgIpc) is 2.36. The Morgan fingerprint density at radius 2 is 2.06 bits per heavy atom. The van der Waals surface area contributed by atoms with Gasteiger partial charge in [0.1, 0.15) is 0 Å². The second-order valence-corrected chi connectivity index (χ2v) is 3.41. The van der Waals surface area contributed by atoms with Crippen LogP contribution in [0.25, 0.3) is 10.9 Å². The Morgan fingerprint density at radius 1 is 1.28 bits per heavy atom. The fourth-order valence-electron chi connectivity index (χ4n) is 1.42. The lowest BCUT2D eigenvalue weighted by atomic mass is 10.1. The number of nitrogens with one attached hydrogen (secondary N) is 2. The van der Waals surface area contributed by atoms with Gasteiger partial charge in [0, 0.05) is 11.5 Å². The van der Waals surface area contributed by atoms with E-state index in [0.29, 0.717) is 16.5 Å². The monoisotopic (exact) mass is 244 g/mol. The molecule has 90 valence electrons. The van der Waals surface area contributed by atoms with Gasteiger partial charge in [0.25, 0.3) is 5.56 Å². The lowest BCUT2D eigenvalue weighted by molar-refractivity contribution is -0.133. The summed E-state index contributed by atoms with van der Waals surface area (Å²) in [5.41, 5.74) is -0.186. The third-order valence-electron chi connectivity index (χ3n) is 2.23. The molecule has 0 atom stereocenters. The molecule has 0 saturated heterocycles. The minimum absolute atomic E-state index is 0.297. The molecule has 0 fully saturated rings. The number of fused-ring (bicyclic) bond motifs is 1. The quantitative estimate of drug-likeness (QED) is 0.493. The van der Waals surface area contributed by atoms with E-state index < -0.39 is 17.2 Å². The topological polar surface area (TPSA) is 92.0 Å². The van der Waals surface area contributed by atoms with E-state index in [1.54, 1.807) is 12.1 Å². The summed E-state index contributed by atoms with van der Waals surface area (Å²) in [4.78, 5) is 38.0. The predicted octanol–water partition coefficient (Wildman–Crippen LogP) is -0.259. The maximum atomic E-state index is 11.5. The third-order valence-corrected chi connectivity index (χ3v) is 2.23. The molecule has 0 saturated carbocycles. The van der Waals surface area contributed by atoms with Gasteiger partial charge in [-0.15, -0.1) is 0 Å². The zero-order chi connectivity index (χ0) is 13.1. The fraction of sp³-hybridized carbons (Fsp3) is 0.0833. The molecule has 6 nitrogen and oxygen atoms in total. The van der Waals surface area contributed by atoms with Crippen LogP contribution in [0.2, 0.25) is 0 Å². The molecule has 6 heteroatoms. The van der Waals surface area contributed by atoms with Crippen LogP contribution in [0.4, 0.5) is 0 Å². The van der Waals surface area contributed by atoms with Crippen molar-refractivity contribution in [3.63, 3.8) is 0 Å². The van der Waals surface area contributed by atoms with Crippen molar-refractivity contribution in [1.29, 1.82) is 0 Å². The van der Waals surface area contributed by atoms with Gasteiger partial charge in [-0.1, -0.05) is 5.92 Å². The summed E-state index contributed by atoms with van der Waals surface area (Å²) in [6.07, 6.45) is 0. The van der Waals surface area contributed by atoms with Crippen LogP contribution >= 0.6 is 0 Å². The molecule has 0 aliphatic carbocycles. The lowest BCUT2D eigenvalue weighted by Crippen LogP contribution is -2.21. The molecule has 2 aromatic rings. The Balaban J connectivity index is 2.57. The molecule has 0 aliphatic rings. The van der Waals surface area contributed by atoms with Crippen molar-refractivity contribution in [1.82, 2.24) is 9.97 Å². The van der Waals surface area contributed by atoms with Gasteiger partial charge in [-0.3, -0.25) is 9.78 Å². The van der Waals surface area contributed by atoms with Gasteiger partial charge in [0.2, 0.25) is 0 Å². The molecule has 2 N–H and O–H groups in total. The summed E-state index contributed by atoms with van der Waals surface area (Å²) < 4.78 is 4.37. The van der Waals surface area contributed by atoms with E-state index in [-0.39, 0.29) is 0 Å². The summed E-state index contributed by atoms with van der Waals surface area (Å²) >= 11 is 0. The average molecular weight is 244 g/mol. The van der Waals surface area contributed by atoms with Crippen molar-refractivity contribution in [2.45, 2.75) is 0 Å². The number of rotatable bonds is 0. The smallest absolute Gasteiger partial charge is 0.384 e. The first-order chi connectivity index (χ1) is 8.60. The molecular weight excluding hydrogens is 236 g/mol. The zero-order valence-electron chi connectivity index (χ0n) is 9.37. The first kappa shape index (κ1) is 11.7. The van der Waals surface area contributed by atoms with Crippen molar-refractivity contribution < 1.29 is 9.53 Å². The molecule has 0 radical (unpaired) electrons. The molecule has 2 rings (SSSR count). The van der Waals surface area contributed by atoms with Gasteiger partial charge in [-0.05, 0) is 18.2 Å². The highest BCUT2D eigenvalue weighted by Crippen LogP contribution is 2.07. The van der Waals surface area contributed by atoms with Gasteiger partial charge in [0.15, 0.2) is 0 Å². The van der Waals surface area contributed by atoms with Crippen molar-refractivity contribution in [3.05, 3.63) is 44.6 Å². The third kappa shape index (κ3) is 2.30. The number of aromatic amines is 2. The molecule has 0 unspecified atom stereocenters. The number of carbonyl (C=O) groups excluding carboxylic acids is 1. The normalized spacial score (nSPS) is 9.61. The summed E-state index contributed by atoms with van der Waals surface area (Å²) in [7, 11) is 1.23. The van der Waals surface area contributed by atoms with Crippen molar-refractivity contribution >= 4 is 16.9 Å². The van der Waals surface area contributed by atoms with Crippen molar-refractivity contribution in [2.24, 2.45) is 0 Å². The molecule has 1 heterocycles. The minimum atomic E-state index is -0.662. The zero-order valence-corrected chi connectivity index (χ0v) is 9.37. The van der Waals surface area contributed by atoms with E-state index >= 15 is 0 Å². The Morgan fingerprint density at radius 3 is 2.78 bits per heavy atom. The van der Waals surface area contributed by atoms with E-state index in [4.69, 9.17) is 0 Å². The summed E-state index contributed by atoms with van der Waals surface area (Å²) in [6.45, 7) is 0. The molecule has 1 aromatic heterocycles. The second-order valence-electron chi connectivity index (χ2n) is 3.41. The fourth-order valence-corrected chi connectivity index (χ4v) is 1.42. The van der Waals surface area contributed by atoms with Crippen LogP contribution < -0.4 is 11.2 Å². The number of benzene rings is 1. The molecule has 1 aromatic carbocycles. The first-order valence-electron chi connectivity index (χ1n) is 4.96. The number of methoxy groups -OCH3 is 1. The van der Waals surface area contributed by atoms with E-state index in [1.807, 2.05) is 0 Å². The second kappa shape index (κ2) is 4.59. The minimum Gasteiger partial charge on any atom is -0.459 e. The highest BCUT2D eigenvalue weighted by Gasteiger charge is 2.01. The van der Waals surface area contributed by atoms with Crippen LogP contribution in [0.3, 0.4) is 0 Å². The number of H-pyrrole nitrogens is 2. The summed E-state index contributed by atoms with van der Waals surface area (Å²) in [5.74, 6) is 4.15. The van der Waals surface area contributed by atoms with Gasteiger partial charge in [-0.2, -0.15) is 0 Å². The Kier molecular flexibility index (Phi) is 2.98. The largest absolute Gasteiger partial charge is 0.459 e. The molecule has 0 bridgehead atoms. The predicted molar refractivity (Wildman–Crippen MR) is 64.1 cm³/mol. The highest BCUT2D eigenvalue weighted by atomic mass is 16.5. The number of hydrogen-bond acceptors (Lipinski definition) is 4. The Hall–Kier alpha value is -2.81. The SMILES string of the molecule is COC(=O)C#Cc1ccc2[nH]c(=O)[nH]c(=O)c2c1. The molecule has 0 amide bonds. The van der Waals surface area contributed by atoms with Crippen LogP contribution in [-0.4, -0.2) is 23.0 Å². The van der Waals surface area contributed by atoms with Crippen molar-refractivity contribution in [2.75, 3.05) is 7.11 Å². The molecule has 0 spiro atoms. The number of aromatic nitrogens is 2. The van der Waals surface area contributed by atoms with Crippen LogP contribution in [0, 0.1) is 11.8 Å². The van der Waals surface area contributed by atoms with Crippen LogP contribution in [0.1, 0.15) is 5.56 Å². The first-order valence-corrected chi connectivity index (χ1v) is 4.96. The van der Waals surface area contributed by atoms with Crippen LogP contribution in [0.15, 0.2) is 27.8 Å². The van der Waals surface area contributed by atoms with E-state index in [0.717, 1.165) is 0 Å². The maximum Gasteiger partial charge on any atom is 0.384 e. The highest BCUT2D eigenvalue weighted by molar-refractivity contribution is 5.89. The number of esters is 1. The number of ether oxygens (including phenoxy) is 1. The maximum absolute atomic E-state index is 11.5. The summed E-state index contributed by atoms with van der Waals surface area (Å²) in [5, 5.41) is 0.297. The number of hydrogen-bond donors (Lipinski definition) is 2. The lowest BCUT2D eigenvalue weighted by Gasteiger charge is -1.96. The van der Waals surface area contributed by atoms with Gasteiger partial charge < -0.3 is 9.72 Å². The molecular formula is C12H8N2O4. The Labute approximate surface area is 101 Å². The van der Waals surface area contributed by atoms with Gasteiger partial charge in [-0.25, -0.2) is 9.59 Å². The van der Waals surface area contributed by atoms with Crippen LogP contribution in [0.5, 0.6) is 0 Å². The standard InChI is InChI=1S/C12H8N2O4/c1-18-10(15)5-3-7-2-4-9-8(6-7)11(16)14-12(17)13-9/h2,4,6H,1H3,(H2,13,14,16,17). The van der Waals surface area contributed by atoms with E-state index in [9.17, 15) is 14.4 Å². The Bertz CT molecular complexity index is 789. The molecule has 0 aliphatic heterocycles. The van der Waals surface area contributed by atoms with E-state index in [2.05, 4.69) is 26.5 Å². The van der Waals surface area contributed by atoms with Crippen LogP contribution in [-0.2, 0) is 9.53 Å². The van der Waals surface area contributed by atoms with E-state index in [1.165, 1.54) is 13.2 Å². The molecule has 18 heavy (non-hydrogen) atoms. The summed E-state index contributed by atoms with van der Waals surface area (Å²) in [6, 6.07) is 4.63. The number of carbonyl (C=O) groups is 1. The van der Waals surface area contributed by atoms with Gasteiger partial charge in [0.05, 0.1) is 18.0 Å². The van der Waals surface area contributed by atoms with Gasteiger partial charge >= 0.3 is 11.7 Å².